The highest BCUT2D eigenvalue weighted by Crippen LogP contribution is 2.36. The Bertz CT molecular complexity index is 1030. The molecule has 0 radical (unpaired) electrons. The predicted molar refractivity (Wildman–Crippen MR) is 105 cm³/mol. The van der Waals surface area contributed by atoms with Crippen LogP contribution in [0.3, 0.4) is 0 Å². The molecule has 1 heterocycles. The summed E-state index contributed by atoms with van der Waals surface area (Å²) in [5.41, 5.74) is 0.186. The molecular formula is C19H15ClF3N5O. The number of alkyl halides is 3. The molecule has 29 heavy (non-hydrogen) atoms. The Balaban J connectivity index is 1.90. The predicted octanol–water partition coefficient (Wildman–Crippen LogP) is 5.00. The molecule has 150 valence electrons. The summed E-state index contributed by atoms with van der Waals surface area (Å²) >= 11 is 6.03. The smallest absolute Gasteiger partial charge is 0.355 e. The number of aromatic nitrogens is 2. The highest BCUT2D eigenvalue weighted by Gasteiger charge is 2.35. The fraction of sp³-hybridized carbons (Fsp3) is 0.105. The maximum atomic E-state index is 13.4. The van der Waals surface area contributed by atoms with Gasteiger partial charge in [0.2, 0.25) is 5.95 Å². The van der Waals surface area contributed by atoms with Crippen molar-refractivity contribution in [3.05, 3.63) is 70.9 Å². The fourth-order valence-corrected chi connectivity index (χ4v) is 2.60. The summed E-state index contributed by atoms with van der Waals surface area (Å²) in [5.74, 6) is -0.751. The van der Waals surface area contributed by atoms with Crippen molar-refractivity contribution in [1.29, 1.82) is 0 Å². The number of hydrogen-bond acceptors (Lipinski definition) is 5. The third-order valence-electron chi connectivity index (χ3n) is 3.85. The summed E-state index contributed by atoms with van der Waals surface area (Å²) in [5, 5.41) is 8.17. The summed E-state index contributed by atoms with van der Waals surface area (Å²) < 4.78 is 40.1. The molecule has 0 fully saturated rings. The molecule has 0 unspecified atom stereocenters. The summed E-state index contributed by atoms with van der Waals surface area (Å²) in [6.45, 7) is 0. The molecule has 0 saturated heterocycles. The minimum Gasteiger partial charge on any atom is -0.355 e. The fourth-order valence-electron chi connectivity index (χ4n) is 2.41. The van der Waals surface area contributed by atoms with E-state index in [9.17, 15) is 18.0 Å². The molecule has 6 nitrogen and oxygen atoms in total. The molecule has 0 bridgehead atoms. The number of hydrogen-bond donors (Lipinski definition) is 3. The number of amides is 1. The first-order chi connectivity index (χ1) is 13.8. The van der Waals surface area contributed by atoms with Crippen LogP contribution in [0.15, 0.2) is 54.7 Å². The van der Waals surface area contributed by atoms with Crippen molar-refractivity contribution in [3.8, 4) is 0 Å². The number of rotatable bonds is 5. The Morgan fingerprint density at radius 1 is 1.03 bits per heavy atom. The molecule has 0 spiro atoms. The normalized spacial score (nSPS) is 11.1. The van der Waals surface area contributed by atoms with Gasteiger partial charge < -0.3 is 16.0 Å². The van der Waals surface area contributed by atoms with Crippen molar-refractivity contribution in [2.24, 2.45) is 0 Å². The highest BCUT2D eigenvalue weighted by atomic mass is 35.5. The molecule has 3 aromatic rings. The quantitative estimate of drug-likeness (QED) is 0.540. The van der Waals surface area contributed by atoms with Gasteiger partial charge in [-0.2, -0.15) is 18.2 Å². The third-order valence-corrected chi connectivity index (χ3v) is 4.18. The average Bonchev–Trinajstić information content (AvgIpc) is 2.69. The standard InChI is InChI=1S/C19H15ClF3N5O/c1-24-17(29)11-6-8-12(9-7-11)26-18-25-10-13(19(21,22)23)16(28-18)27-15-5-3-2-4-14(15)20/h2-10H,1H3,(H,24,29)(H2,25,26,27,28). The Hall–Kier alpha value is -3.33. The molecule has 3 N–H and O–H groups in total. The molecule has 3 rings (SSSR count). The minimum absolute atomic E-state index is 0.0553. The lowest BCUT2D eigenvalue weighted by Gasteiger charge is -2.15. The number of anilines is 4. The molecular weight excluding hydrogens is 407 g/mol. The number of nitrogens with one attached hydrogen (secondary N) is 3. The number of carbonyl (C=O) groups excluding carboxylic acids is 1. The maximum Gasteiger partial charge on any atom is 0.421 e. The van der Waals surface area contributed by atoms with Crippen LogP contribution in [0.5, 0.6) is 0 Å². The Kier molecular flexibility index (Phi) is 5.88. The average molecular weight is 422 g/mol. The molecule has 0 atom stereocenters. The zero-order valence-corrected chi connectivity index (χ0v) is 15.8. The summed E-state index contributed by atoms with van der Waals surface area (Å²) in [6, 6.07) is 12.7. The Labute approximate surface area is 169 Å². The van der Waals surface area contributed by atoms with Crippen molar-refractivity contribution in [2.75, 3.05) is 17.7 Å². The molecule has 2 aromatic carbocycles. The lowest BCUT2D eigenvalue weighted by molar-refractivity contribution is -0.137. The number of carbonyl (C=O) groups is 1. The first kappa shape index (κ1) is 20.4. The van der Waals surface area contributed by atoms with Crippen LogP contribution >= 0.6 is 11.6 Å². The van der Waals surface area contributed by atoms with E-state index in [2.05, 4.69) is 25.9 Å². The monoisotopic (exact) mass is 421 g/mol. The van der Waals surface area contributed by atoms with Crippen LogP contribution in [0.4, 0.5) is 36.3 Å². The van der Waals surface area contributed by atoms with E-state index < -0.39 is 17.6 Å². The van der Waals surface area contributed by atoms with E-state index in [-0.39, 0.29) is 22.6 Å². The first-order valence-electron chi connectivity index (χ1n) is 8.33. The number of halogens is 4. The molecule has 10 heteroatoms. The molecule has 0 aliphatic carbocycles. The zero-order valence-electron chi connectivity index (χ0n) is 15.0. The second-order valence-electron chi connectivity index (χ2n) is 5.84. The van der Waals surface area contributed by atoms with E-state index in [0.717, 1.165) is 0 Å². The van der Waals surface area contributed by atoms with Gasteiger partial charge in [-0.25, -0.2) is 4.98 Å². The van der Waals surface area contributed by atoms with E-state index in [1.165, 1.54) is 13.1 Å². The van der Waals surface area contributed by atoms with Gasteiger partial charge in [0.15, 0.2) is 0 Å². The van der Waals surface area contributed by atoms with Gasteiger partial charge in [-0.15, -0.1) is 0 Å². The molecule has 0 saturated carbocycles. The summed E-state index contributed by atoms with van der Waals surface area (Å²) in [7, 11) is 1.51. The van der Waals surface area contributed by atoms with Gasteiger partial charge in [-0.05, 0) is 36.4 Å². The second kappa shape index (κ2) is 8.36. The van der Waals surface area contributed by atoms with Crippen LogP contribution < -0.4 is 16.0 Å². The molecule has 1 aromatic heterocycles. The van der Waals surface area contributed by atoms with Crippen LogP contribution in [0.1, 0.15) is 15.9 Å². The lowest BCUT2D eigenvalue weighted by atomic mass is 10.2. The van der Waals surface area contributed by atoms with Crippen LogP contribution in [0.2, 0.25) is 5.02 Å². The Morgan fingerprint density at radius 3 is 2.34 bits per heavy atom. The zero-order chi connectivity index (χ0) is 21.0. The van der Waals surface area contributed by atoms with E-state index in [1.54, 1.807) is 42.5 Å². The van der Waals surface area contributed by atoms with Crippen LogP contribution in [-0.4, -0.2) is 22.9 Å². The third kappa shape index (κ3) is 4.94. The highest BCUT2D eigenvalue weighted by molar-refractivity contribution is 6.33. The van der Waals surface area contributed by atoms with Crippen molar-refractivity contribution < 1.29 is 18.0 Å². The van der Waals surface area contributed by atoms with Gasteiger partial charge in [-0.3, -0.25) is 4.79 Å². The largest absolute Gasteiger partial charge is 0.421 e. The van der Waals surface area contributed by atoms with E-state index in [1.807, 2.05) is 0 Å². The number of benzene rings is 2. The number of nitrogens with zero attached hydrogens (tertiary/aromatic N) is 2. The van der Waals surface area contributed by atoms with E-state index in [4.69, 9.17) is 11.6 Å². The SMILES string of the molecule is CNC(=O)c1ccc(Nc2ncc(C(F)(F)F)c(Nc3ccccc3Cl)n2)cc1. The van der Waals surface area contributed by atoms with Gasteiger partial charge >= 0.3 is 6.18 Å². The minimum atomic E-state index is -4.66. The van der Waals surface area contributed by atoms with Crippen molar-refractivity contribution in [1.82, 2.24) is 15.3 Å². The van der Waals surface area contributed by atoms with E-state index >= 15 is 0 Å². The van der Waals surface area contributed by atoms with Crippen LogP contribution in [0.25, 0.3) is 0 Å². The topological polar surface area (TPSA) is 78.9 Å². The maximum absolute atomic E-state index is 13.4. The van der Waals surface area contributed by atoms with Gasteiger partial charge in [0.25, 0.3) is 5.91 Å². The molecule has 0 aliphatic rings. The van der Waals surface area contributed by atoms with Crippen LogP contribution in [0, 0.1) is 0 Å². The van der Waals surface area contributed by atoms with Gasteiger partial charge in [0.1, 0.15) is 11.4 Å². The van der Waals surface area contributed by atoms with Gasteiger partial charge in [0, 0.05) is 24.5 Å². The Morgan fingerprint density at radius 2 is 1.72 bits per heavy atom. The van der Waals surface area contributed by atoms with Gasteiger partial charge in [-0.1, -0.05) is 23.7 Å². The second-order valence-corrected chi connectivity index (χ2v) is 6.25. The molecule has 0 aliphatic heterocycles. The van der Waals surface area contributed by atoms with Crippen molar-refractivity contribution in [2.45, 2.75) is 6.18 Å². The van der Waals surface area contributed by atoms with E-state index in [0.29, 0.717) is 17.4 Å². The van der Waals surface area contributed by atoms with Crippen molar-refractivity contribution >= 4 is 40.6 Å². The van der Waals surface area contributed by atoms with Crippen molar-refractivity contribution in [3.63, 3.8) is 0 Å². The first-order valence-corrected chi connectivity index (χ1v) is 8.70. The lowest BCUT2D eigenvalue weighted by Crippen LogP contribution is -2.17. The molecule has 1 amide bonds. The summed E-state index contributed by atoms with van der Waals surface area (Å²) in [6.07, 6.45) is -3.97. The number of para-hydroxylation sites is 1. The van der Waals surface area contributed by atoms with Gasteiger partial charge in [0.05, 0.1) is 10.7 Å². The van der Waals surface area contributed by atoms with Crippen LogP contribution in [-0.2, 0) is 6.18 Å². The summed E-state index contributed by atoms with van der Waals surface area (Å²) in [4.78, 5) is 19.3.